The Morgan fingerprint density at radius 2 is 1.71 bits per heavy atom. The number of rotatable bonds is 1. The van der Waals surface area contributed by atoms with Crippen LogP contribution < -0.4 is 5.63 Å². The van der Waals surface area contributed by atoms with Gasteiger partial charge in [0.25, 0.3) is 0 Å². The zero-order valence-electron chi connectivity index (χ0n) is 7.31. The van der Waals surface area contributed by atoms with Crippen LogP contribution in [0.15, 0.2) is 51.7 Å². The molecule has 0 radical (unpaired) electrons. The molecule has 14 heavy (non-hydrogen) atoms. The lowest BCUT2D eigenvalue weighted by atomic mass is 10.1. The van der Waals surface area contributed by atoms with Gasteiger partial charge in [0.2, 0.25) is 0 Å². The molecule has 0 unspecified atom stereocenters. The molecular weight excluding hydrogens is 180 g/mol. The van der Waals surface area contributed by atoms with Gasteiger partial charge in [0.15, 0.2) is 11.5 Å². The summed E-state index contributed by atoms with van der Waals surface area (Å²) in [7, 11) is 0. The predicted octanol–water partition coefficient (Wildman–Crippen LogP) is 2.01. The summed E-state index contributed by atoms with van der Waals surface area (Å²) < 4.78 is 4.89. The second-order valence-electron chi connectivity index (χ2n) is 2.83. The van der Waals surface area contributed by atoms with E-state index >= 15 is 0 Å². The zero-order chi connectivity index (χ0) is 9.97. The molecular formula is C11H8O3. The molecule has 70 valence electrons. The van der Waals surface area contributed by atoms with Gasteiger partial charge in [0.1, 0.15) is 0 Å². The highest BCUT2D eigenvalue weighted by Gasteiger charge is 2.06. The van der Waals surface area contributed by atoms with Crippen LogP contribution in [-0.2, 0) is 0 Å². The van der Waals surface area contributed by atoms with Crippen molar-refractivity contribution in [1.29, 1.82) is 0 Å². The quantitative estimate of drug-likeness (QED) is 0.744. The molecule has 2 rings (SSSR count). The molecule has 0 atom stereocenters. The first-order chi connectivity index (χ1) is 6.77. The Balaban J connectivity index is 2.62. The third-order valence-corrected chi connectivity index (χ3v) is 1.85. The van der Waals surface area contributed by atoms with E-state index in [1.807, 2.05) is 18.2 Å². The summed E-state index contributed by atoms with van der Waals surface area (Å²) in [6.45, 7) is 0. The van der Waals surface area contributed by atoms with Crippen LogP contribution in [0.2, 0.25) is 0 Å². The Hall–Kier alpha value is -2.03. The summed E-state index contributed by atoms with van der Waals surface area (Å²) in [5.41, 5.74) is 0.212. The molecule has 2 aromatic rings. The van der Waals surface area contributed by atoms with E-state index in [9.17, 15) is 9.90 Å². The number of aromatic hydroxyl groups is 1. The van der Waals surface area contributed by atoms with Gasteiger partial charge >= 0.3 is 5.63 Å². The van der Waals surface area contributed by atoms with E-state index in [1.165, 1.54) is 12.1 Å². The van der Waals surface area contributed by atoms with Crippen molar-refractivity contribution in [2.24, 2.45) is 0 Å². The molecule has 0 aliphatic carbocycles. The van der Waals surface area contributed by atoms with Crippen LogP contribution >= 0.6 is 0 Å². The van der Waals surface area contributed by atoms with Crippen LogP contribution in [0.1, 0.15) is 0 Å². The molecule has 0 saturated heterocycles. The summed E-state index contributed by atoms with van der Waals surface area (Å²) >= 11 is 0. The average molecular weight is 188 g/mol. The van der Waals surface area contributed by atoms with Gasteiger partial charge in [-0.05, 0) is 6.07 Å². The molecule has 1 aromatic heterocycles. The average Bonchev–Trinajstić information content (AvgIpc) is 2.23. The van der Waals surface area contributed by atoms with E-state index in [2.05, 4.69) is 0 Å². The second-order valence-corrected chi connectivity index (χ2v) is 2.83. The second kappa shape index (κ2) is 3.38. The molecule has 3 heteroatoms. The van der Waals surface area contributed by atoms with Crippen molar-refractivity contribution in [2.75, 3.05) is 0 Å². The molecule has 3 nitrogen and oxygen atoms in total. The van der Waals surface area contributed by atoms with E-state index in [1.54, 1.807) is 12.1 Å². The van der Waals surface area contributed by atoms with Crippen molar-refractivity contribution in [1.82, 2.24) is 0 Å². The smallest absolute Gasteiger partial charge is 0.336 e. The van der Waals surface area contributed by atoms with Crippen molar-refractivity contribution in [2.45, 2.75) is 0 Å². The van der Waals surface area contributed by atoms with Crippen molar-refractivity contribution >= 4 is 0 Å². The van der Waals surface area contributed by atoms with Crippen LogP contribution in [0.4, 0.5) is 0 Å². The Labute approximate surface area is 80.2 Å². The van der Waals surface area contributed by atoms with Gasteiger partial charge in [0, 0.05) is 11.6 Å². The first-order valence-corrected chi connectivity index (χ1v) is 4.16. The van der Waals surface area contributed by atoms with Crippen molar-refractivity contribution < 1.29 is 9.52 Å². The molecule has 0 aliphatic rings. The van der Waals surface area contributed by atoms with Gasteiger partial charge < -0.3 is 9.52 Å². The molecule has 0 amide bonds. The minimum Gasteiger partial charge on any atom is -0.504 e. The lowest BCUT2D eigenvalue weighted by Crippen LogP contribution is -1.95. The Kier molecular flexibility index (Phi) is 2.07. The van der Waals surface area contributed by atoms with Gasteiger partial charge in [-0.2, -0.15) is 0 Å². The minimum atomic E-state index is -0.471. The lowest BCUT2D eigenvalue weighted by Gasteiger charge is -2.00. The van der Waals surface area contributed by atoms with Crippen molar-refractivity contribution in [3.63, 3.8) is 0 Å². The van der Waals surface area contributed by atoms with Gasteiger partial charge in [-0.3, -0.25) is 0 Å². The largest absolute Gasteiger partial charge is 0.504 e. The van der Waals surface area contributed by atoms with Crippen LogP contribution in [0.5, 0.6) is 5.75 Å². The maximum atomic E-state index is 10.9. The monoisotopic (exact) mass is 188 g/mol. The molecule has 0 aliphatic heterocycles. The maximum absolute atomic E-state index is 10.9. The molecule has 0 spiro atoms. The summed E-state index contributed by atoms with van der Waals surface area (Å²) in [4.78, 5) is 10.9. The molecule has 1 aromatic carbocycles. The SMILES string of the molecule is O=c1ccc(O)c(-c2ccccc2)o1. The van der Waals surface area contributed by atoms with Crippen molar-refractivity contribution in [3.8, 4) is 17.1 Å². The summed E-state index contributed by atoms with van der Waals surface area (Å²) in [6, 6.07) is 11.5. The summed E-state index contributed by atoms with van der Waals surface area (Å²) in [5.74, 6) is 0.175. The highest BCUT2D eigenvalue weighted by atomic mass is 16.4. The Bertz CT molecular complexity index is 485. The Morgan fingerprint density at radius 3 is 2.43 bits per heavy atom. The highest BCUT2D eigenvalue weighted by molar-refractivity contribution is 5.63. The predicted molar refractivity (Wildman–Crippen MR) is 52.1 cm³/mol. The third-order valence-electron chi connectivity index (χ3n) is 1.85. The fourth-order valence-electron chi connectivity index (χ4n) is 1.21. The first kappa shape index (κ1) is 8.56. The number of hydrogen-bond donors (Lipinski definition) is 1. The van der Waals surface area contributed by atoms with Gasteiger partial charge in [-0.1, -0.05) is 30.3 Å². The van der Waals surface area contributed by atoms with Crippen LogP contribution in [0.25, 0.3) is 11.3 Å². The highest BCUT2D eigenvalue weighted by Crippen LogP contribution is 2.26. The van der Waals surface area contributed by atoms with Crippen LogP contribution in [0.3, 0.4) is 0 Å². The summed E-state index contributed by atoms with van der Waals surface area (Å²) in [5, 5.41) is 9.46. The van der Waals surface area contributed by atoms with E-state index in [0.717, 1.165) is 0 Å². The number of benzene rings is 1. The summed E-state index contributed by atoms with van der Waals surface area (Å²) in [6.07, 6.45) is 0. The van der Waals surface area contributed by atoms with E-state index in [-0.39, 0.29) is 11.5 Å². The molecule has 0 fully saturated rings. The minimum absolute atomic E-state index is 0.0317. The molecule has 0 bridgehead atoms. The van der Waals surface area contributed by atoms with Gasteiger partial charge in [-0.15, -0.1) is 0 Å². The Morgan fingerprint density at radius 1 is 1.00 bits per heavy atom. The van der Waals surface area contributed by atoms with Crippen LogP contribution in [0, 0.1) is 0 Å². The van der Waals surface area contributed by atoms with Gasteiger partial charge in [-0.25, -0.2) is 4.79 Å². The van der Waals surface area contributed by atoms with E-state index < -0.39 is 5.63 Å². The van der Waals surface area contributed by atoms with E-state index in [4.69, 9.17) is 4.42 Å². The zero-order valence-corrected chi connectivity index (χ0v) is 7.31. The fourth-order valence-corrected chi connectivity index (χ4v) is 1.21. The van der Waals surface area contributed by atoms with E-state index in [0.29, 0.717) is 5.56 Å². The van der Waals surface area contributed by atoms with Crippen LogP contribution in [-0.4, -0.2) is 5.11 Å². The maximum Gasteiger partial charge on any atom is 0.336 e. The third kappa shape index (κ3) is 1.52. The fraction of sp³-hybridized carbons (Fsp3) is 0. The standard InChI is InChI=1S/C11H8O3/c12-9-6-7-10(13)14-11(9)8-4-2-1-3-5-8/h1-7,12H. The number of hydrogen-bond acceptors (Lipinski definition) is 3. The first-order valence-electron chi connectivity index (χ1n) is 4.16. The normalized spacial score (nSPS) is 10.0. The molecule has 0 saturated carbocycles. The lowest BCUT2D eigenvalue weighted by molar-refractivity contribution is 0.433. The van der Waals surface area contributed by atoms with Gasteiger partial charge in [0.05, 0.1) is 0 Å². The molecule has 1 N–H and O–H groups in total. The molecule has 1 heterocycles. The topological polar surface area (TPSA) is 50.4 Å². The van der Waals surface area contributed by atoms with Crippen molar-refractivity contribution in [3.05, 3.63) is 52.9 Å².